The molecule has 17 heavy (non-hydrogen) atoms. The molecule has 2 heteroatoms. The summed E-state index contributed by atoms with van der Waals surface area (Å²) in [5, 5.41) is 5.86. The van der Waals surface area contributed by atoms with Gasteiger partial charge in [-0.1, -0.05) is 24.3 Å². The van der Waals surface area contributed by atoms with E-state index in [4.69, 9.17) is 4.74 Å². The highest BCUT2D eigenvalue weighted by molar-refractivity contribution is 5.98. The first-order valence-corrected chi connectivity index (χ1v) is 5.85. The minimum Gasteiger partial charge on any atom is -0.496 e. The van der Waals surface area contributed by atoms with Crippen LogP contribution in [-0.2, 0) is 0 Å². The van der Waals surface area contributed by atoms with Gasteiger partial charge in [0.05, 0.1) is 7.11 Å². The molecule has 0 radical (unpaired) electrons. The van der Waals surface area contributed by atoms with Crippen LogP contribution in [0.1, 0.15) is 20.8 Å². The number of benzene rings is 2. The summed E-state index contributed by atoms with van der Waals surface area (Å²) >= 11 is 0. The van der Waals surface area contributed by atoms with Crippen LogP contribution >= 0.6 is 0 Å². The standard InChI is InChI=1S/C15H19NO/c1-15(2,3)16-13-9-10-14(17-4)12-8-6-5-7-11(12)13/h5-10,16H,1-4H3. The Morgan fingerprint density at radius 1 is 0.941 bits per heavy atom. The molecule has 90 valence electrons. The second-order valence-electron chi connectivity index (χ2n) is 5.24. The third-order valence-corrected chi connectivity index (χ3v) is 2.61. The van der Waals surface area contributed by atoms with Crippen LogP contribution in [0.4, 0.5) is 5.69 Å². The van der Waals surface area contributed by atoms with E-state index in [-0.39, 0.29) is 5.54 Å². The maximum absolute atomic E-state index is 5.38. The smallest absolute Gasteiger partial charge is 0.126 e. The van der Waals surface area contributed by atoms with E-state index in [9.17, 15) is 0 Å². The van der Waals surface area contributed by atoms with Crippen molar-refractivity contribution in [1.82, 2.24) is 0 Å². The quantitative estimate of drug-likeness (QED) is 0.838. The molecule has 0 heterocycles. The molecule has 0 aliphatic carbocycles. The second-order valence-corrected chi connectivity index (χ2v) is 5.24. The molecule has 0 unspecified atom stereocenters. The third-order valence-electron chi connectivity index (χ3n) is 2.61. The molecule has 0 aliphatic rings. The monoisotopic (exact) mass is 229 g/mol. The lowest BCUT2D eigenvalue weighted by Crippen LogP contribution is -2.26. The van der Waals surface area contributed by atoms with Gasteiger partial charge in [0, 0.05) is 22.0 Å². The number of methoxy groups -OCH3 is 1. The fourth-order valence-electron chi connectivity index (χ4n) is 1.96. The predicted molar refractivity (Wildman–Crippen MR) is 73.9 cm³/mol. The molecule has 2 aromatic carbocycles. The van der Waals surface area contributed by atoms with Crippen molar-refractivity contribution < 1.29 is 4.74 Å². The largest absolute Gasteiger partial charge is 0.496 e. The summed E-state index contributed by atoms with van der Waals surface area (Å²) < 4.78 is 5.38. The summed E-state index contributed by atoms with van der Waals surface area (Å²) in [6, 6.07) is 12.4. The fraction of sp³-hybridized carbons (Fsp3) is 0.333. The van der Waals surface area contributed by atoms with Gasteiger partial charge in [-0.05, 0) is 32.9 Å². The summed E-state index contributed by atoms with van der Waals surface area (Å²) in [5.74, 6) is 0.917. The first kappa shape index (κ1) is 11.8. The van der Waals surface area contributed by atoms with Crippen molar-refractivity contribution in [3.63, 3.8) is 0 Å². The van der Waals surface area contributed by atoms with Gasteiger partial charge < -0.3 is 10.1 Å². The van der Waals surface area contributed by atoms with Crippen LogP contribution < -0.4 is 10.1 Å². The number of hydrogen-bond donors (Lipinski definition) is 1. The first-order valence-electron chi connectivity index (χ1n) is 5.85. The van der Waals surface area contributed by atoms with Gasteiger partial charge >= 0.3 is 0 Å². The van der Waals surface area contributed by atoms with Crippen LogP contribution in [-0.4, -0.2) is 12.6 Å². The van der Waals surface area contributed by atoms with Crippen molar-refractivity contribution in [3.8, 4) is 5.75 Å². The van der Waals surface area contributed by atoms with Crippen molar-refractivity contribution in [2.24, 2.45) is 0 Å². The maximum Gasteiger partial charge on any atom is 0.126 e. The molecule has 0 saturated carbocycles. The fourth-order valence-corrected chi connectivity index (χ4v) is 1.96. The highest BCUT2D eigenvalue weighted by Crippen LogP contribution is 2.32. The van der Waals surface area contributed by atoms with Gasteiger partial charge in [-0.15, -0.1) is 0 Å². The van der Waals surface area contributed by atoms with Crippen LogP contribution in [0, 0.1) is 0 Å². The van der Waals surface area contributed by atoms with E-state index in [0.29, 0.717) is 0 Å². The Kier molecular flexibility index (Phi) is 2.97. The molecule has 1 N–H and O–H groups in total. The lowest BCUT2D eigenvalue weighted by atomic mass is 10.0. The number of nitrogens with one attached hydrogen (secondary N) is 1. The summed E-state index contributed by atoms with van der Waals surface area (Å²) in [4.78, 5) is 0. The van der Waals surface area contributed by atoms with Crippen molar-refractivity contribution in [2.75, 3.05) is 12.4 Å². The van der Waals surface area contributed by atoms with E-state index in [1.165, 1.54) is 5.39 Å². The van der Waals surface area contributed by atoms with E-state index in [1.807, 2.05) is 12.1 Å². The molecule has 2 rings (SSSR count). The molecule has 2 aromatic rings. The summed E-state index contributed by atoms with van der Waals surface area (Å²) in [6.45, 7) is 6.48. The van der Waals surface area contributed by atoms with Gasteiger partial charge in [-0.3, -0.25) is 0 Å². The molecule has 2 nitrogen and oxygen atoms in total. The van der Waals surface area contributed by atoms with Crippen molar-refractivity contribution >= 4 is 16.5 Å². The van der Waals surface area contributed by atoms with Gasteiger partial charge in [-0.25, -0.2) is 0 Å². The Hall–Kier alpha value is -1.70. The minimum atomic E-state index is 0.0529. The number of fused-ring (bicyclic) bond motifs is 1. The zero-order valence-corrected chi connectivity index (χ0v) is 10.9. The highest BCUT2D eigenvalue weighted by Gasteiger charge is 2.12. The first-order chi connectivity index (χ1) is 8.01. The van der Waals surface area contributed by atoms with Crippen LogP contribution in [0.2, 0.25) is 0 Å². The van der Waals surface area contributed by atoms with E-state index < -0.39 is 0 Å². The molecule has 0 amide bonds. The second kappa shape index (κ2) is 4.28. The molecule has 0 saturated heterocycles. The molecule has 0 aliphatic heterocycles. The molecule has 0 fully saturated rings. The van der Waals surface area contributed by atoms with Gasteiger partial charge in [-0.2, -0.15) is 0 Å². The number of ether oxygens (including phenoxy) is 1. The minimum absolute atomic E-state index is 0.0529. The average Bonchev–Trinajstić information content (AvgIpc) is 2.28. The molecular weight excluding hydrogens is 210 g/mol. The summed E-state index contributed by atoms with van der Waals surface area (Å²) in [7, 11) is 1.71. The van der Waals surface area contributed by atoms with Crippen LogP contribution in [0.3, 0.4) is 0 Å². The van der Waals surface area contributed by atoms with E-state index in [1.54, 1.807) is 7.11 Å². The summed E-state index contributed by atoms with van der Waals surface area (Å²) in [6.07, 6.45) is 0. The van der Waals surface area contributed by atoms with Gasteiger partial charge in [0.15, 0.2) is 0 Å². The Morgan fingerprint density at radius 2 is 1.59 bits per heavy atom. The number of hydrogen-bond acceptors (Lipinski definition) is 2. The van der Waals surface area contributed by atoms with Gasteiger partial charge in [0.1, 0.15) is 5.75 Å². The van der Waals surface area contributed by atoms with Gasteiger partial charge in [0.2, 0.25) is 0 Å². The Labute approximate surface area is 103 Å². The predicted octanol–water partition coefficient (Wildman–Crippen LogP) is 4.06. The number of anilines is 1. The van der Waals surface area contributed by atoms with Crippen molar-refractivity contribution in [3.05, 3.63) is 36.4 Å². The Balaban J connectivity index is 2.59. The Morgan fingerprint density at radius 3 is 2.18 bits per heavy atom. The van der Waals surface area contributed by atoms with E-state index >= 15 is 0 Å². The lowest BCUT2D eigenvalue weighted by Gasteiger charge is -2.23. The maximum atomic E-state index is 5.38. The highest BCUT2D eigenvalue weighted by atomic mass is 16.5. The number of rotatable bonds is 2. The molecule has 0 aromatic heterocycles. The SMILES string of the molecule is COc1ccc(NC(C)(C)C)c2ccccc12. The van der Waals surface area contributed by atoms with Crippen molar-refractivity contribution in [2.45, 2.75) is 26.3 Å². The van der Waals surface area contributed by atoms with E-state index in [0.717, 1.165) is 16.8 Å². The Bertz CT molecular complexity index is 526. The molecule has 0 bridgehead atoms. The zero-order valence-electron chi connectivity index (χ0n) is 10.9. The van der Waals surface area contributed by atoms with Crippen LogP contribution in [0.5, 0.6) is 5.75 Å². The molecule has 0 atom stereocenters. The average molecular weight is 229 g/mol. The molecular formula is C15H19NO. The summed E-state index contributed by atoms with van der Waals surface area (Å²) in [5.41, 5.74) is 1.20. The third kappa shape index (κ3) is 2.52. The van der Waals surface area contributed by atoms with Crippen molar-refractivity contribution in [1.29, 1.82) is 0 Å². The normalized spacial score (nSPS) is 11.5. The lowest BCUT2D eigenvalue weighted by molar-refractivity contribution is 0.420. The topological polar surface area (TPSA) is 21.3 Å². The van der Waals surface area contributed by atoms with Gasteiger partial charge in [0.25, 0.3) is 0 Å². The van der Waals surface area contributed by atoms with Crippen LogP contribution in [0.15, 0.2) is 36.4 Å². The molecule has 0 spiro atoms. The van der Waals surface area contributed by atoms with Crippen LogP contribution in [0.25, 0.3) is 10.8 Å². The zero-order chi connectivity index (χ0) is 12.5. The van der Waals surface area contributed by atoms with E-state index in [2.05, 4.69) is 50.4 Å².